The molecule has 0 amide bonds. The van der Waals surface area contributed by atoms with Gasteiger partial charge in [-0.3, -0.25) is 9.59 Å². The van der Waals surface area contributed by atoms with E-state index in [0.717, 1.165) is 35.9 Å². The Balaban J connectivity index is 1.81. The molecule has 1 N–H and O–H groups in total. The summed E-state index contributed by atoms with van der Waals surface area (Å²) in [4.78, 5) is 33.4. The molecule has 0 saturated carbocycles. The quantitative estimate of drug-likeness (QED) is 0.508. The lowest BCUT2D eigenvalue weighted by Crippen LogP contribution is -2.14. The van der Waals surface area contributed by atoms with E-state index in [1.807, 2.05) is 6.92 Å². The van der Waals surface area contributed by atoms with Crippen LogP contribution in [0, 0.1) is 5.92 Å². The first-order valence-electron chi connectivity index (χ1n) is 7.91. The molecule has 7 heteroatoms. The van der Waals surface area contributed by atoms with Crippen LogP contribution in [-0.4, -0.2) is 28.3 Å². The SMILES string of the molecule is CCCOC(=O)CSc1nc2sc3c(c2c(=O)[nH]1)CC[C@@H](C)C3. The Morgan fingerprint density at radius 2 is 2.35 bits per heavy atom. The predicted octanol–water partition coefficient (Wildman–Crippen LogP) is 3.15. The van der Waals surface area contributed by atoms with Crippen LogP contribution in [0.5, 0.6) is 0 Å². The third kappa shape index (κ3) is 3.61. The number of esters is 1. The molecule has 0 spiro atoms. The molecule has 1 aliphatic carbocycles. The highest BCUT2D eigenvalue weighted by atomic mass is 32.2. The van der Waals surface area contributed by atoms with Gasteiger partial charge in [-0.15, -0.1) is 11.3 Å². The Hall–Kier alpha value is -1.34. The van der Waals surface area contributed by atoms with Crippen LogP contribution in [0.2, 0.25) is 0 Å². The number of carbonyl (C=O) groups is 1. The molecule has 0 saturated heterocycles. The largest absolute Gasteiger partial charge is 0.465 e. The van der Waals surface area contributed by atoms with Crippen LogP contribution >= 0.6 is 23.1 Å². The number of nitrogens with one attached hydrogen (secondary N) is 1. The number of nitrogens with zero attached hydrogens (tertiary/aromatic N) is 1. The van der Waals surface area contributed by atoms with Crippen LogP contribution in [0.15, 0.2) is 9.95 Å². The zero-order valence-corrected chi connectivity index (χ0v) is 14.9. The van der Waals surface area contributed by atoms with Gasteiger partial charge < -0.3 is 9.72 Å². The smallest absolute Gasteiger partial charge is 0.316 e. The molecule has 3 rings (SSSR count). The van der Waals surface area contributed by atoms with Gasteiger partial charge in [-0.2, -0.15) is 0 Å². The van der Waals surface area contributed by atoms with Crippen molar-refractivity contribution in [1.29, 1.82) is 0 Å². The highest BCUT2D eigenvalue weighted by molar-refractivity contribution is 7.99. The molecule has 2 heterocycles. The number of aromatic nitrogens is 2. The standard InChI is InChI=1S/C16H20N2O3S2/c1-3-6-21-12(19)8-22-16-17-14(20)13-10-5-4-9(2)7-11(10)23-15(13)18-16/h9H,3-8H2,1-2H3,(H,17,18,20)/t9-/m1/s1. The number of H-pyrrole nitrogens is 1. The molecule has 0 fully saturated rings. The first-order chi connectivity index (χ1) is 11.1. The van der Waals surface area contributed by atoms with E-state index < -0.39 is 0 Å². The maximum Gasteiger partial charge on any atom is 0.316 e. The highest BCUT2D eigenvalue weighted by Gasteiger charge is 2.23. The lowest BCUT2D eigenvalue weighted by Gasteiger charge is -2.17. The summed E-state index contributed by atoms with van der Waals surface area (Å²) < 4.78 is 5.03. The number of thiophene rings is 1. The van der Waals surface area contributed by atoms with Crippen molar-refractivity contribution in [3.8, 4) is 0 Å². The number of thioether (sulfide) groups is 1. The molecule has 0 unspecified atom stereocenters. The van der Waals surface area contributed by atoms with Crippen LogP contribution in [0.3, 0.4) is 0 Å². The normalized spacial score (nSPS) is 17.2. The van der Waals surface area contributed by atoms with E-state index in [2.05, 4.69) is 16.9 Å². The van der Waals surface area contributed by atoms with E-state index in [-0.39, 0.29) is 17.3 Å². The summed E-state index contributed by atoms with van der Waals surface area (Å²) >= 11 is 2.84. The Morgan fingerprint density at radius 1 is 1.52 bits per heavy atom. The lowest BCUT2D eigenvalue weighted by atomic mass is 9.89. The van der Waals surface area contributed by atoms with Gasteiger partial charge in [-0.25, -0.2) is 4.98 Å². The maximum absolute atomic E-state index is 12.4. The summed E-state index contributed by atoms with van der Waals surface area (Å²) in [5, 5.41) is 1.23. The third-order valence-electron chi connectivity index (χ3n) is 3.94. The second kappa shape index (κ2) is 7.05. The van der Waals surface area contributed by atoms with Crippen molar-refractivity contribution in [2.45, 2.75) is 44.7 Å². The van der Waals surface area contributed by atoms with E-state index in [1.54, 1.807) is 11.3 Å². The van der Waals surface area contributed by atoms with Crippen LogP contribution in [0.25, 0.3) is 10.2 Å². The first kappa shape index (κ1) is 16.5. The zero-order valence-electron chi connectivity index (χ0n) is 13.3. The molecule has 2 aromatic heterocycles. The van der Waals surface area contributed by atoms with Crippen molar-refractivity contribution in [3.05, 3.63) is 20.8 Å². The minimum Gasteiger partial charge on any atom is -0.465 e. The van der Waals surface area contributed by atoms with Gasteiger partial charge in [0.15, 0.2) is 5.16 Å². The number of hydrogen-bond acceptors (Lipinski definition) is 6. The molecule has 124 valence electrons. The molecule has 0 aromatic carbocycles. The Kier molecular flexibility index (Phi) is 5.06. The van der Waals surface area contributed by atoms with Crippen molar-refractivity contribution in [3.63, 3.8) is 0 Å². The minimum absolute atomic E-state index is 0.0912. The van der Waals surface area contributed by atoms with Crippen LogP contribution in [-0.2, 0) is 22.4 Å². The average molecular weight is 352 g/mol. The van der Waals surface area contributed by atoms with Crippen molar-refractivity contribution in [1.82, 2.24) is 9.97 Å². The fraction of sp³-hybridized carbons (Fsp3) is 0.562. The van der Waals surface area contributed by atoms with Gasteiger partial charge in [-0.1, -0.05) is 25.6 Å². The van der Waals surface area contributed by atoms with Crippen LogP contribution in [0.4, 0.5) is 0 Å². The van der Waals surface area contributed by atoms with Crippen molar-refractivity contribution >= 4 is 39.3 Å². The number of carbonyl (C=O) groups excluding carboxylic acids is 1. The molecule has 5 nitrogen and oxygen atoms in total. The predicted molar refractivity (Wildman–Crippen MR) is 93.4 cm³/mol. The van der Waals surface area contributed by atoms with Crippen molar-refractivity contribution in [2.24, 2.45) is 5.92 Å². The monoisotopic (exact) mass is 352 g/mol. The molecule has 0 bridgehead atoms. The number of aromatic amines is 1. The molecule has 0 radical (unpaired) electrons. The molecular weight excluding hydrogens is 332 g/mol. The van der Waals surface area contributed by atoms with Gasteiger partial charge in [0, 0.05) is 4.88 Å². The molecule has 1 aliphatic rings. The summed E-state index contributed by atoms with van der Waals surface area (Å²) in [5.74, 6) is 0.548. The van der Waals surface area contributed by atoms with Crippen LogP contribution in [0.1, 0.15) is 37.1 Å². The number of ether oxygens (including phenoxy) is 1. The van der Waals surface area contributed by atoms with Gasteiger partial charge in [-0.05, 0) is 37.2 Å². The van der Waals surface area contributed by atoms with Crippen LogP contribution < -0.4 is 5.56 Å². The third-order valence-corrected chi connectivity index (χ3v) is 5.93. The Morgan fingerprint density at radius 3 is 3.13 bits per heavy atom. The van der Waals surface area contributed by atoms with Gasteiger partial charge in [0.2, 0.25) is 0 Å². The zero-order chi connectivity index (χ0) is 16.4. The Bertz CT molecular complexity index is 781. The van der Waals surface area contributed by atoms with E-state index in [9.17, 15) is 9.59 Å². The van der Waals surface area contributed by atoms with E-state index in [0.29, 0.717) is 17.7 Å². The highest BCUT2D eigenvalue weighted by Crippen LogP contribution is 2.36. The number of hydrogen-bond donors (Lipinski definition) is 1. The fourth-order valence-corrected chi connectivity index (χ4v) is 4.88. The molecule has 0 aliphatic heterocycles. The molecule has 1 atom stereocenters. The second-order valence-corrected chi connectivity index (χ2v) is 7.96. The second-order valence-electron chi connectivity index (χ2n) is 5.91. The minimum atomic E-state index is -0.279. The summed E-state index contributed by atoms with van der Waals surface area (Å²) in [6.07, 6.45) is 3.91. The Labute approximate surface area is 142 Å². The van der Waals surface area contributed by atoms with E-state index in [1.165, 1.54) is 22.2 Å². The first-order valence-corrected chi connectivity index (χ1v) is 9.71. The number of aryl methyl sites for hydroxylation is 1. The van der Waals surface area contributed by atoms with E-state index >= 15 is 0 Å². The number of rotatable bonds is 5. The van der Waals surface area contributed by atoms with E-state index in [4.69, 9.17) is 4.74 Å². The van der Waals surface area contributed by atoms with Gasteiger partial charge >= 0.3 is 5.97 Å². The maximum atomic E-state index is 12.4. The summed E-state index contributed by atoms with van der Waals surface area (Å²) in [6.45, 7) is 4.62. The number of fused-ring (bicyclic) bond motifs is 3. The molecule has 2 aromatic rings. The van der Waals surface area contributed by atoms with Crippen molar-refractivity contribution in [2.75, 3.05) is 12.4 Å². The fourth-order valence-electron chi connectivity index (χ4n) is 2.78. The lowest BCUT2D eigenvalue weighted by molar-refractivity contribution is -0.140. The molecule has 23 heavy (non-hydrogen) atoms. The van der Waals surface area contributed by atoms with Gasteiger partial charge in [0.05, 0.1) is 17.7 Å². The van der Waals surface area contributed by atoms with Gasteiger partial charge in [0.25, 0.3) is 5.56 Å². The summed E-state index contributed by atoms with van der Waals surface area (Å²) in [6, 6.07) is 0. The van der Waals surface area contributed by atoms with Crippen molar-refractivity contribution < 1.29 is 9.53 Å². The summed E-state index contributed by atoms with van der Waals surface area (Å²) in [7, 11) is 0. The average Bonchev–Trinajstić information content (AvgIpc) is 2.88. The van der Waals surface area contributed by atoms with Gasteiger partial charge in [0.1, 0.15) is 4.83 Å². The molecular formula is C16H20N2O3S2. The summed E-state index contributed by atoms with van der Waals surface area (Å²) in [5.41, 5.74) is 1.09. The topological polar surface area (TPSA) is 72.0 Å².